The van der Waals surface area contributed by atoms with Crippen molar-refractivity contribution in [2.75, 3.05) is 5.32 Å². The lowest BCUT2D eigenvalue weighted by atomic mass is 9.93. The van der Waals surface area contributed by atoms with Gasteiger partial charge in [0.05, 0.1) is 22.7 Å². The van der Waals surface area contributed by atoms with Gasteiger partial charge >= 0.3 is 12.1 Å². The van der Waals surface area contributed by atoms with Crippen LogP contribution in [0.15, 0.2) is 42.6 Å². The minimum Gasteiger partial charge on any atom is -0.481 e. The minimum atomic E-state index is -1.38. The molecule has 4 rings (SSSR count). The van der Waals surface area contributed by atoms with Gasteiger partial charge in [0.15, 0.2) is 0 Å². The highest BCUT2D eigenvalue weighted by Gasteiger charge is 2.51. The summed E-state index contributed by atoms with van der Waals surface area (Å²) in [6, 6.07) is 8.89. The van der Waals surface area contributed by atoms with Gasteiger partial charge in [0.2, 0.25) is 0 Å². The Balaban J connectivity index is 1.71. The number of aromatic nitrogens is 2. The summed E-state index contributed by atoms with van der Waals surface area (Å²) in [5.41, 5.74) is 0.198. The van der Waals surface area contributed by atoms with Crippen LogP contribution in [-0.2, 0) is 17.3 Å². The van der Waals surface area contributed by atoms with Crippen molar-refractivity contribution in [3.63, 3.8) is 0 Å². The Morgan fingerprint density at radius 2 is 1.67 bits per heavy atom. The largest absolute Gasteiger partial charge is 0.481 e. The van der Waals surface area contributed by atoms with Crippen LogP contribution < -0.4 is 5.32 Å². The van der Waals surface area contributed by atoms with Gasteiger partial charge in [-0.15, -0.1) is 0 Å². The number of amides is 1. The van der Waals surface area contributed by atoms with Crippen LogP contribution in [-0.4, -0.2) is 32.1 Å². The van der Waals surface area contributed by atoms with Gasteiger partial charge < -0.3 is 10.2 Å². The van der Waals surface area contributed by atoms with E-state index in [0.717, 1.165) is 12.1 Å². The number of benzene rings is 2. The van der Waals surface area contributed by atoms with Gasteiger partial charge in [-0.1, -0.05) is 24.3 Å². The van der Waals surface area contributed by atoms with Gasteiger partial charge in [-0.05, 0) is 41.7 Å². The molecule has 9 heteroatoms. The molecule has 0 atom stereocenters. The van der Waals surface area contributed by atoms with E-state index in [-0.39, 0.29) is 16.9 Å². The SMILES string of the molecule is Cn1ncc(-c2c(F)cc(-c3ccc(C4(C(=O)O)CC4)cc3)cc2F)c1NC(=O)O. The van der Waals surface area contributed by atoms with Gasteiger partial charge in [-0.2, -0.15) is 5.10 Å². The molecule has 3 aromatic rings. The number of nitrogens with one attached hydrogen (secondary N) is 1. The molecule has 3 N–H and O–H groups in total. The number of hydrogen-bond acceptors (Lipinski definition) is 3. The van der Waals surface area contributed by atoms with Crippen molar-refractivity contribution >= 4 is 17.9 Å². The molecule has 30 heavy (non-hydrogen) atoms. The molecule has 2 aromatic carbocycles. The molecule has 1 heterocycles. The molecule has 1 aliphatic rings. The Labute approximate surface area is 169 Å². The molecule has 1 saturated carbocycles. The monoisotopic (exact) mass is 413 g/mol. The van der Waals surface area contributed by atoms with Crippen molar-refractivity contribution in [2.45, 2.75) is 18.3 Å². The average molecular weight is 413 g/mol. The molecule has 0 aliphatic heterocycles. The maximum Gasteiger partial charge on any atom is 0.410 e. The molecule has 7 nitrogen and oxygen atoms in total. The summed E-state index contributed by atoms with van der Waals surface area (Å²) in [7, 11) is 1.45. The predicted molar refractivity (Wildman–Crippen MR) is 104 cm³/mol. The highest BCUT2D eigenvalue weighted by molar-refractivity contribution is 5.89. The number of carbonyl (C=O) groups is 2. The topological polar surface area (TPSA) is 104 Å². The maximum atomic E-state index is 14.9. The van der Waals surface area contributed by atoms with Crippen LogP contribution in [0, 0.1) is 11.6 Å². The summed E-state index contributed by atoms with van der Waals surface area (Å²) < 4.78 is 30.9. The fourth-order valence-corrected chi connectivity index (χ4v) is 3.60. The molecule has 0 spiro atoms. The molecular weight excluding hydrogens is 396 g/mol. The summed E-state index contributed by atoms with van der Waals surface area (Å²) in [6.45, 7) is 0. The lowest BCUT2D eigenvalue weighted by Crippen LogP contribution is -2.19. The third-order valence-electron chi connectivity index (χ3n) is 5.41. The van der Waals surface area contributed by atoms with E-state index in [1.807, 2.05) is 0 Å². The highest BCUT2D eigenvalue weighted by atomic mass is 19.1. The standard InChI is InChI=1S/C21H17F2N3O4/c1-26-18(25-20(29)30)14(10-24-26)17-15(22)8-12(9-16(17)23)11-2-4-13(5-3-11)21(6-7-21)19(27)28/h2-5,8-10,25H,6-7H2,1H3,(H,27,28)(H,29,30). The van der Waals surface area contributed by atoms with Crippen molar-refractivity contribution in [2.24, 2.45) is 7.05 Å². The van der Waals surface area contributed by atoms with Crippen molar-refractivity contribution in [3.8, 4) is 22.3 Å². The molecule has 154 valence electrons. The first-order valence-electron chi connectivity index (χ1n) is 9.08. The Morgan fingerprint density at radius 3 is 2.17 bits per heavy atom. The summed E-state index contributed by atoms with van der Waals surface area (Å²) in [5, 5.41) is 24.3. The fraction of sp³-hybridized carbons (Fsp3) is 0.190. The molecule has 1 fully saturated rings. The second kappa shape index (κ2) is 6.94. The first kappa shape index (κ1) is 19.6. The number of halogens is 2. The summed E-state index contributed by atoms with van der Waals surface area (Å²) >= 11 is 0. The second-order valence-electron chi connectivity index (χ2n) is 7.24. The number of carboxylic acids is 1. The van der Waals surface area contributed by atoms with Crippen LogP contribution in [0.3, 0.4) is 0 Å². The maximum absolute atomic E-state index is 14.9. The Bertz CT molecular complexity index is 1140. The van der Waals surface area contributed by atoms with Crippen LogP contribution in [0.4, 0.5) is 19.4 Å². The Kier molecular flexibility index (Phi) is 4.53. The van der Waals surface area contributed by atoms with E-state index in [4.69, 9.17) is 5.11 Å². The van der Waals surface area contributed by atoms with Crippen molar-refractivity contribution in [1.29, 1.82) is 0 Å². The summed E-state index contributed by atoms with van der Waals surface area (Å²) in [6.07, 6.45) is 0.934. The lowest BCUT2D eigenvalue weighted by molar-refractivity contribution is -0.140. The quantitative estimate of drug-likeness (QED) is 0.580. The molecular formula is C21H17F2N3O4. The number of rotatable bonds is 5. The number of anilines is 1. The van der Waals surface area contributed by atoms with E-state index < -0.39 is 34.7 Å². The molecule has 0 radical (unpaired) electrons. The average Bonchev–Trinajstić information content (AvgIpc) is 3.44. The van der Waals surface area contributed by atoms with Gasteiger partial charge in [0.1, 0.15) is 17.5 Å². The normalized spacial score (nSPS) is 14.4. The molecule has 1 aliphatic carbocycles. The van der Waals surface area contributed by atoms with E-state index in [2.05, 4.69) is 10.4 Å². The minimum absolute atomic E-state index is 0.0195. The van der Waals surface area contributed by atoms with E-state index >= 15 is 0 Å². The number of nitrogens with zero attached hydrogens (tertiary/aromatic N) is 2. The van der Waals surface area contributed by atoms with E-state index in [9.17, 15) is 23.5 Å². The van der Waals surface area contributed by atoms with Crippen LogP contribution >= 0.6 is 0 Å². The molecule has 0 saturated heterocycles. The lowest BCUT2D eigenvalue weighted by Gasteiger charge is -2.12. The first-order chi connectivity index (χ1) is 14.2. The fourth-order valence-electron chi connectivity index (χ4n) is 3.60. The Morgan fingerprint density at radius 1 is 1.07 bits per heavy atom. The zero-order valence-corrected chi connectivity index (χ0v) is 15.8. The molecule has 1 amide bonds. The summed E-state index contributed by atoms with van der Waals surface area (Å²) in [5.74, 6) is -2.68. The van der Waals surface area contributed by atoms with Gasteiger partial charge in [0.25, 0.3) is 0 Å². The van der Waals surface area contributed by atoms with Gasteiger partial charge in [-0.25, -0.2) is 13.6 Å². The van der Waals surface area contributed by atoms with Crippen LogP contribution in [0.2, 0.25) is 0 Å². The third-order valence-corrected chi connectivity index (χ3v) is 5.41. The first-order valence-corrected chi connectivity index (χ1v) is 9.08. The summed E-state index contributed by atoms with van der Waals surface area (Å²) in [4.78, 5) is 22.4. The van der Waals surface area contributed by atoms with Crippen LogP contribution in [0.25, 0.3) is 22.3 Å². The van der Waals surface area contributed by atoms with E-state index in [1.54, 1.807) is 24.3 Å². The highest BCUT2D eigenvalue weighted by Crippen LogP contribution is 2.48. The van der Waals surface area contributed by atoms with Crippen molar-refractivity contribution < 1.29 is 28.6 Å². The number of carboxylic acid groups (broad SMARTS) is 2. The third kappa shape index (κ3) is 3.18. The van der Waals surface area contributed by atoms with Crippen molar-refractivity contribution in [3.05, 3.63) is 59.8 Å². The van der Waals surface area contributed by atoms with Gasteiger partial charge in [-0.3, -0.25) is 14.8 Å². The predicted octanol–water partition coefficient (Wildman–Crippen LogP) is 4.24. The van der Waals surface area contributed by atoms with Crippen LogP contribution in [0.5, 0.6) is 0 Å². The number of aryl methyl sites for hydroxylation is 1. The second-order valence-corrected chi connectivity index (χ2v) is 7.24. The molecule has 1 aromatic heterocycles. The van der Waals surface area contributed by atoms with Crippen molar-refractivity contribution in [1.82, 2.24) is 9.78 Å². The number of aliphatic carboxylic acids is 1. The van der Waals surface area contributed by atoms with Gasteiger partial charge in [0, 0.05) is 7.05 Å². The van der Waals surface area contributed by atoms with E-state index in [1.165, 1.54) is 17.9 Å². The molecule has 0 bridgehead atoms. The van der Waals surface area contributed by atoms with Crippen LogP contribution in [0.1, 0.15) is 18.4 Å². The van der Waals surface area contributed by atoms with E-state index in [0.29, 0.717) is 24.0 Å². The number of hydrogen-bond donors (Lipinski definition) is 3. The molecule has 0 unspecified atom stereocenters. The zero-order chi connectivity index (χ0) is 21.6. The zero-order valence-electron chi connectivity index (χ0n) is 15.8. The Hall–Kier alpha value is -3.75. The smallest absolute Gasteiger partial charge is 0.410 e.